The molecule has 0 amide bonds. The van der Waals surface area contributed by atoms with Crippen molar-refractivity contribution < 1.29 is 27.1 Å². The molecule has 0 saturated heterocycles. The van der Waals surface area contributed by atoms with E-state index in [-0.39, 0.29) is 22.6 Å². The van der Waals surface area contributed by atoms with Crippen LogP contribution in [0.15, 0.2) is 34.2 Å². The lowest BCUT2D eigenvalue weighted by molar-refractivity contribution is -0.212. The third-order valence-electron chi connectivity index (χ3n) is 3.91. The molecule has 12 heteroatoms. The van der Waals surface area contributed by atoms with Crippen molar-refractivity contribution in [1.29, 1.82) is 0 Å². The molecule has 0 spiro atoms. The normalized spacial score (nSPS) is 12.7. The zero-order chi connectivity index (χ0) is 20.7. The lowest BCUT2D eigenvalue weighted by Crippen LogP contribution is -2.45. The number of nitrogens with one attached hydrogen (secondary N) is 1. The van der Waals surface area contributed by atoms with Gasteiger partial charge in [0.25, 0.3) is 0 Å². The first-order chi connectivity index (χ1) is 13.1. The van der Waals surface area contributed by atoms with E-state index >= 15 is 0 Å². The number of nitrogens with zero attached hydrogens (tertiary/aromatic N) is 3. The first-order valence-corrected chi connectivity index (χ1v) is 8.79. The van der Waals surface area contributed by atoms with Gasteiger partial charge in [-0.2, -0.15) is 27.2 Å². The lowest BCUT2D eigenvalue weighted by atomic mass is 10.1. The van der Waals surface area contributed by atoms with E-state index in [1.165, 1.54) is 24.3 Å². The summed E-state index contributed by atoms with van der Waals surface area (Å²) >= 11 is 0.205. The molecule has 6 nitrogen and oxygen atoms in total. The molecule has 28 heavy (non-hydrogen) atoms. The van der Waals surface area contributed by atoms with Crippen molar-refractivity contribution in [2.24, 2.45) is 0 Å². The largest absolute Gasteiger partial charge is 0.390 e. The van der Waals surface area contributed by atoms with Gasteiger partial charge in [-0.15, -0.1) is 0 Å². The molecule has 0 aliphatic carbocycles. The van der Waals surface area contributed by atoms with E-state index in [1.807, 2.05) is 0 Å². The van der Waals surface area contributed by atoms with Gasteiger partial charge < -0.3 is 5.11 Å². The minimum atomic E-state index is -4.61. The number of fused-ring (bicyclic) bond motifs is 1. The van der Waals surface area contributed by atoms with Crippen molar-refractivity contribution in [3.05, 3.63) is 46.3 Å². The Hall–Kier alpha value is -2.47. The lowest BCUT2D eigenvalue weighted by Gasteiger charge is -2.23. The maximum atomic E-state index is 13.6. The van der Waals surface area contributed by atoms with Gasteiger partial charge in [-0.25, -0.2) is 14.2 Å². The number of aromatic amines is 1. The van der Waals surface area contributed by atoms with Crippen molar-refractivity contribution in [2.45, 2.75) is 23.9 Å². The van der Waals surface area contributed by atoms with E-state index < -0.39 is 35.7 Å². The molecular formula is C16H13F5N4O2S. The van der Waals surface area contributed by atoms with Gasteiger partial charge in [0.05, 0.1) is 11.4 Å². The zero-order valence-corrected chi connectivity index (χ0v) is 15.0. The number of benzene rings is 1. The fourth-order valence-corrected chi connectivity index (χ4v) is 3.27. The van der Waals surface area contributed by atoms with E-state index in [9.17, 15) is 26.7 Å². The number of halogens is 5. The van der Waals surface area contributed by atoms with Crippen LogP contribution < -0.4 is 5.69 Å². The van der Waals surface area contributed by atoms with E-state index in [0.717, 1.165) is 4.52 Å². The summed E-state index contributed by atoms with van der Waals surface area (Å²) in [5, 5.41) is 12.1. The molecule has 0 bridgehead atoms. The molecule has 2 heterocycles. The minimum Gasteiger partial charge on any atom is -0.390 e. The van der Waals surface area contributed by atoms with Crippen LogP contribution in [-0.2, 0) is 0 Å². The number of alkyl halides is 4. The molecule has 0 unspecified atom stereocenters. The highest BCUT2D eigenvalue weighted by atomic mass is 32.2. The molecule has 0 aliphatic heterocycles. The molecule has 0 radical (unpaired) electrons. The number of rotatable bonds is 6. The summed E-state index contributed by atoms with van der Waals surface area (Å²) < 4.78 is 67.5. The fraction of sp³-hybridized carbons (Fsp3) is 0.312. The average Bonchev–Trinajstić information content (AvgIpc) is 2.97. The summed E-state index contributed by atoms with van der Waals surface area (Å²) in [5.41, 5.74) is 0.443. The van der Waals surface area contributed by atoms with E-state index in [0.29, 0.717) is 16.8 Å². The van der Waals surface area contributed by atoms with Gasteiger partial charge >= 0.3 is 17.5 Å². The first-order valence-electron chi connectivity index (χ1n) is 7.80. The molecule has 150 valence electrons. The summed E-state index contributed by atoms with van der Waals surface area (Å²) in [6.07, 6.45) is 0. The maximum Gasteiger partial charge on any atom is 0.350 e. The highest BCUT2D eigenvalue weighted by molar-refractivity contribution is 7.99. The summed E-state index contributed by atoms with van der Waals surface area (Å²) in [6.45, 7) is -0.435. The van der Waals surface area contributed by atoms with Crippen LogP contribution in [-0.4, -0.2) is 48.9 Å². The second-order valence-electron chi connectivity index (χ2n) is 5.91. The number of thioether (sulfide) groups is 1. The SMILES string of the molecule is Cc1nn2c(=O)[nH]c(SCC(F)(F)C(F)(F)CO)nc2c1-c1ccc(F)cc1. The van der Waals surface area contributed by atoms with Crippen molar-refractivity contribution in [1.82, 2.24) is 19.6 Å². The fourth-order valence-electron chi connectivity index (χ4n) is 2.43. The summed E-state index contributed by atoms with van der Waals surface area (Å²) in [5.74, 6) is -11.0. The van der Waals surface area contributed by atoms with Crippen LogP contribution >= 0.6 is 11.8 Å². The Morgan fingerprint density at radius 1 is 1.18 bits per heavy atom. The number of hydrogen-bond donors (Lipinski definition) is 2. The van der Waals surface area contributed by atoms with Crippen molar-refractivity contribution in [2.75, 3.05) is 12.4 Å². The Bertz CT molecular complexity index is 1070. The number of aryl methyl sites for hydroxylation is 1. The molecule has 2 aromatic heterocycles. The van der Waals surface area contributed by atoms with Gasteiger partial charge in [0.2, 0.25) is 0 Å². The van der Waals surface area contributed by atoms with Crippen LogP contribution in [0.25, 0.3) is 16.8 Å². The van der Waals surface area contributed by atoms with E-state index in [1.54, 1.807) is 6.92 Å². The van der Waals surface area contributed by atoms with Gasteiger partial charge in [0, 0.05) is 5.56 Å². The Morgan fingerprint density at radius 2 is 1.82 bits per heavy atom. The summed E-state index contributed by atoms with van der Waals surface area (Å²) in [4.78, 5) is 18.4. The maximum absolute atomic E-state index is 13.6. The second kappa shape index (κ2) is 7.17. The van der Waals surface area contributed by atoms with Gasteiger partial charge in [-0.3, -0.25) is 4.98 Å². The molecule has 0 aliphatic rings. The number of H-pyrrole nitrogens is 1. The van der Waals surface area contributed by atoms with Crippen LogP contribution in [0.5, 0.6) is 0 Å². The van der Waals surface area contributed by atoms with Gasteiger partial charge in [-0.05, 0) is 24.6 Å². The van der Waals surface area contributed by atoms with E-state index in [4.69, 9.17) is 5.11 Å². The predicted molar refractivity (Wildman–Crippen MR) is 91.4 cm³/mol. The third-order valence-corrected chi connectivity index (χ3v) is 4.88. The number of aliphatic hydroxyl groups is 1. The highest BCUT2D eigenvalue weighted by Crippen LogP contribution is 2.37. The predicted octanol–water partition coefficient (Wildman–Crippen LogP) is 2.89. The Labute approximate surface area is 158 Å². The third kappa shape index (κ3) is 3.61. The molecule has 0 atom stereocenters. The smallest absolute Gasteiger partial charge is 0.350 e. The average molecular weight is 420 g/mol. The first kappa shape index (κ1) is 20.3. The van der Waals surface area contributed by atoms with Crippen LogP contribution in [0.2, 0.25) is 0 Å². The van der Waals surface area contributed by atoms with Crippen LogP contribution in [0.1, 0.15) is 5.69 Å². The van der Waals surface area contributed by atoms with Crippen molar-refractivity contribution >= 4 is 17.4 Å². The molecule has 3 aromatic rings. The Balaban J connectivity index is 2.01. The molecule has 0 saturated carbocycles. The highest BCUT2D eigenvalue weighted by Gasteiger charge is 2.55. The van der Waals surface area contributed by atoms with Crippen molar-refractivity contribution in [3.63, 3.8) is 0 Å². The standard InChI is InChI=1S/C16H13F5N4O2S/c1-8-11(9-2-4-10(17)5-3-9)12-22-13(23-14(27)25(12)24-8)28-7-16(20,21)15(18,19)6-26/h2-5,26H,6-7H2,1H3,(H,22,23,27). The number of aliphatic hydroxyl groups excluding tert-OH is 1. The van der Waals surface area contributed by atoms with Gasteiger partial charge in [0.15, 0.2) is 10.8 Å². The van der Waals surface area contributed by atoms with E-state index in [2.05, 4.69) is 15.1 Å². The van der Waals surface area contributed by atoms with Gasteiger partial charge in [-0.1, -0.05) is 23.9 Å². The molecule has 2 N–H and O–H groups in total. The molecular weight excluding hydrogens is 407 g/mol. The topological polar surface area (TPSA) is 83.3 Å². The van der Waals surface area contributed by atoms with Crippen molar-refractivity contribution in [3.8, 4) is 11.1 Å². The second-order valence-corrected chi connectivity index (χ2v) is 6.87. The minimum absolute atomic E-state index is 0.00703. The zero-order valence-electron chi connectivity index (χ0n) is 14.2. The molecule has 3 rings (SSSR count). The number of aromatic nitrogens is 4. The quantitative estimate of drug-likeness (QED) is 0.473. The van der Waals surface area contributed by atoms with Crippen LogP contribution in [0.3, 0.4) is 0 Å². The molecule has 1 aromatic carbocycles. The monoisotopic (exact) mass is 420 g/mol. The summed E-state index contributed by atoms with van der Waals surface area (Å²) in [6, 6.07) is 5.26. The Kier molecular flexibility index (Phi) is 5.19. The Morgan fingerprint density at radius 3 is 2.43 bits per heavy atom. The number of hydrogen-bond acceptors (Lipinski definition) is 5. The summed E-state index contributed by atoms with van der Waals surface area (Å²) in [7, 11) is 0. The van der Waals surface area contributed by atoms with Crippen LogP contribution in [0.4, 0.5) is 22.0 Å². The molecule has 0 fully saturated rings. The van der Waals surface area contributed by atoms with Gasteiger partial charge in [0.1, 0.15) is 12.4 Å². The van der Waals surface area contributed by atoms with Crippen LogP contribution in [0, 0.1) is 12.7 Å².